The van der Waals surface area contributed by atoms with E-state index in [1.807, 2.05) is 6.07 Å². The standard InChI is InChI=1S/C19H14FN5O/c20-13-6-8-14(9-7-13)25-18(12-4-5-12)17(23-24-25)19(26)15(11-21)16-3-1-2-10-22-16/h1-3,6-10,12,15H,4-5H2. The van der Waals surface area contributed by atoms with Gasteiger partial charge < -0.3 is 0 Å². The number of nitrogens with zero attached hydrogens (tertiary/aromatic N) is 5. The van der Waals surface area contributed by atoms with Gasteiger partial charge in [0.15, 0.2) is 11.6 Å². The molecule has 3 aromatic rings. The summed E-state index contributed by atoms with van der Waals surface area (Å²) in [5.41, 5.74) is 1.89. The van der Waals surface area contributed by atoms with Gasteiger partial charge in [-0.15, -0.1) is 5.10 Å². The molecule has 6 nitrogen and oxygen atoms in total. The van der Waals surface area contributed by atoms with E-state index in [-0.39, 0.29) is 17.4 Å². The second kappa shape index (κ2) is 6.48. The predicted molar refractivity (Wildman–Crippen MR) is 90.2 cm³/mol. The number of pyridine rings is 1. The molecule has 1 atom stereocenters. The quantitative estimate of drug-likeness (QED) is 0.662. The maximum atomic E-state index is 13.2. The van der Waals surface area contributed by atoms with Gasteiger partial charge in [0.05, 0.1) is 23.1 Å². The number of hydrogen-bond donors (Lipinski definition) is 0. The van der Waals surface area contributed by atoms with Crippen LogP contribution in [0.5, 0.6) is 0 Å². The molecular formula is C19H14FN5O. The third-order valence-corrected chi connectivity index (χ3v) is 4.35. The van der Waals surface area contributed by atoms with E-state index in [1.165, 1.54) is 12.1 Å². The first kappa shape index (κ1) is 16.1. The van der Waals surface area contributed by atoms with Crippen LogP contribution in [-0.4, -0.2) is 25.8 Å². The molecule has 4 rings (SSSR count). The van der Waals surface area contributed by atoms with Crippen molar-refractivity contribution in [1.29, 1.82) is 5.26 Å². The molecule has 0 spiro atoms. The van der Waals surface area contributed by atoms with Gasteiger partial charge in [0, 0.05) is 12.1 Å². The van der Waals surface area contributed by atoms with Crippen LogP contribution in [0.4, 0.5) is 4.39 Å². The lowest BCUT2D eigenvalue weighted by atomic mass is 9.97. The van der Waals surface area contributed by atoms with Crippen LogP contribution >= 0.6 is 0 Å². The number of carbonyl (C=O) groups excluding carboxylic acids is 1. The van der Waals surface area contributed by atoms with Gasteiger partial charge in [0.2, 0.25) is 5.78 Å². The summed E-state index contributed by atoms with van der Waals surface area (Å²) in [6, 6.07) is 13.0. The normalized spacial score (nSPS) is 14.6. The summed E-state index contributed by atoms with van der Waals surface area (Å²) in [7, 11) is 0. The van der Waals surface area contributed by atoms with Crippen molar-refractivity contribution in [1.82, 2.24) is 20.0 Å². The Hall–Kier alpha value is -3.40. The van der Waals surface area contributed by atoms with Crippen LogP contribution in [0.2, 0.25) is 0 Å². The Morgan fingerprint density at radius 3 is 2.62 bits per heavy atom. The second-order valence-electron chi connectivity index (χ2n) is 6.17. The molecule has 2 aromatic heterocycles. The summed E-state index contributed by atoms with van der Waals surface area (Å²) < 4.78 is 14.8. The van der Waals surface area contributed by atoms with Crippen molar-refractivity contribution in [3.05, 3.63) is 71.6 Å². The van der Waals surface area contributed by atoms with Crippen molar-refractivity contribution in [2.24, 2.45) is 0 Å². The first-order valence-corrected chi connectivity index (χ1v) is 8.25. The van der Waals surface area contributed by atoms with Gasteiger partial charge in [-0.25, -0.2) is 9.07 Å². The summed E-state index contributed by atoms with van der Waals surface area (Å²) in [5.74, 6) is -1.64. The SMILES string of the molecule is N#CC(C(=O)c1nnn(-c2ccc(F)cc2)c1C1CC1)c1ccccn1. The van der Waals surface area contributed by atoms with E-state index in [4.69, 9.17) is 0 Å². The number of ketones is 1. The first-order chi connectivity index (χ1) is 12.7. The Bertz CT molecular complexity index is 987. The molecule has 0 saturated heterocycles. The molecule has 1 aliphatic carbocycles. The predicted octanol–water partition coefficient (Wildman–Crippen LogP) is 3.17. The van der Waals surface area contributed by atoms with Crippen LogP contribution in [0.1, 0.15) is 46.6 Å². The zero-order valence-corrected chi connectivity index (χ0v) is 13.7. The van der Waals surface area contributed by atoms with Gasteiger partial charge in [-0.3, -0.25) is 9.78 Å². The zero-order chi connectivity index (χ0) is 18.1. The minimum Gasteiger partial charge on any atom is -0.290 e. The van der Waals surface area contributed by atoms with E-state index in [9.17, 15) is 14.4 Å². The molecule has 1 saturated carbocycles. The molecule has 128 valence electrons. The maximum Gasteiger partial charge on any atom is 0.208 e. The highest BCUT2D eigenvalue weighted by molar-refractivity contribution is 6.02. The van der Waals surface area contributed by atoms with Gasteiger partial charge in [-0.1, -0.05) is 11.3 Å². The summed E-state index contributed by atoms with van der Waals surface area (Å²) >= 11 is 0. The molecule has 2 heterocycles. The van der Waals surface area contributed by atoms with Gasteiger partial charge in [-0.05, 0) is 49.2 Å². The number of nitriles is 1. The van der Waals surface area contributed by atoms with Crippen molar-refractivity contribution in [2.75, 3.05) is 0 Å². The van der Waals surface area contributed by atoms with Gasteiger partial charge >= 0.3 is 0 Å². The van der Waals surface area contributed by atoms with Crippen molar-refractivity contribution in [3.63, 3.8) is 0 Å². The van der Waals surface area contributed by atoms with Crippen LogP contribution in [0.15, 0.2) is 48.7 Å². The number of Topliss-reactive ketones (excluding diaryl/α,β-unsaturated/α-hetero) is 1. The molecule has 0 aliphatic heterocycles. The van der Waals surface area contributed by atoms with Gasteiger partial charge in [0.1, 0.15) is 5.82 Å². The summed E-state index contributed by atoms with van der Waals surface area (Å²) in [5, 5.41) is 17.7. The molecule has 1 fully saturated rings. The third-order valence-electron chi connectivity index (χ3n) is 4.35. The fraction of sp³-hybridized carbons (Fsp3) is 0.211. The van der Waals surface area contributed by atoms with Gasteiger partial charge in [-0.2, -0.15) is 5.26 Å². The highest BCUT2D eigenvalue weighted by Crippen LogP contribution is 2.42. The van der Waals surface area contributed by atoms with E-state index in [0.29, 0.717) is 17.1 Å². The third kappa shape index (κ3) is 2.86. The summed E-state index contributed by atoms with van der Waals surface area (Å²) in [6.07, 6.45) is 3.40. The molecule has 0 amide bonds. The molecule has 0 N–H and O–H groups in total. The minimum absolute atomic E-state index is 0.164. The lowest BCUT2D eigenvalue weighted by molar-refractivity contribution is 0.0971. The van der Waals surface area contributed by atoms with E-state index in [0.717, 1.165) is 12.8 Å². The highest BCUT2D eigenvalue weighted by atomic mass is 19.1. The molecule has 0 bridgehead atoms. The van der Waals surface area contributed by atoms with E-state index in [2.05, 4.69) is 15.3 Å². The lowest BCUT2D eigenvalue weighted by Crippen LogP contribution is -2.15. The van der Waals surface area contributed by atoms with E-state index < -0.39 is 11.7 Å². The number of halogens is 1. The number of rotatable bonds is 5. The molecular weight excluding hydrogens is 333 g/mol. The zero-order valence-electron chi connectivity index (χ0n) is 13.7. The summed E-state index contributed by atoms with van der Waals surface area (Å²) in [6.45, 7) is 0. The minimum atomic E-state index is -1.04. The largest absolute Gasteiger partial charge is 0.290 e. The average molecular weight is 347 g/mol. The van der Waals surface area contributed by atoms with Crippen LogP contribution in [0, 0.1) is 17.1 Å². The van der Waals surface area contributed by atoms with E-state index in [1.54, 1.807) is 41.2 Å². The van der Waals surface area contributed by atoms with Gasteiger partial charge in [0.25, 0.3) is 0 Å². The Labute approximate surface area is 148 Å². The molecule has 1 aromatic carbocycles. The smallest absolute Gasteiger partial charge is 0.208 e. The Kier molecular flexibility index (Phi) is 4.01. The molecule has 1 unspecified atom stereocenters. The van der Waals surface area contributed by atoms with Crippen molar-refractivity contribution >= 4 is 5.78 Å². The van der Waals surface area contributed by atoms with Crippen LogP contribution in [0.25, 0.3) is 5.69 Å². The summed E-state index contributed by atoms with van der Waals surface area (Å²) in [4.78, 5) is 17.1. The fourth-order valence-corrected chi connectivity index (χ4v) is 2.90. The monoisotopic (exact) mass is 347 g/mol. The Morgan fingerprint density at radius 1 is 1.23 bits per heavy atom. The highest BCUT2D eigenvalue weighted by Gasteiger charge is 2.37. The number of benzene rings is 1. The maximum absolute atomic E-state index is 13.2. The lowest BCUT2D eigenvalue weighted by Gasteiger charge is -2.09. The van der Waals surface area contributed by atoms with Crippen molar-refractivity contribution < 1.29 is 9.18 Å². The van der Waals surface area contributed by atoms with Crippen LogP contribution in [-0.2, 0) is 0 Å². The van der Waals surface area contributed by atoms with Crippen molar-refractivity contribution in [3.8, 4) is 11.8 Å². The van der Waals surface area contributed by atoms with Crippen LogP contribution < -0.4 is 0 Å². The Balaban J connectivity index is 1.76. The fourth-order valence-electron chi connectivity index (χ4n) is 2.90. The molecule has 26 heavy (non-hydrogen) atoms. The number of hydrogen-bond acceptors (Lipinski definition) is 5. The first-order valence-electron chi connectivity index (χ1n) is 8.25. The molecule has 1 aliphatic rings. The number of aromatic nitrogens is 4. The molecule has 0 radical (unpaired) electrons. The number of carbonyl (C=O) groups is 1. The van der Waals surface area contributed by atoms with Crippen molar-refractivity contribution in [2.45, 2.75) is 24.7 Å². The molecule has 7 heteroatoms. The van der Waals surface area contributed by atoms with E-state index >= 15 is 0 Å². The van der Waals surface area contributed by atoms with Crippen LogP contribution in [0.3, 0.4) is 0 Å². The Morgan fingerprint density at radius 2 is 2.00 bits per heavy atom. The average Bonchev–Trinajstić information content (AvgIpc) is 3.42. The second-order valence-corrected chi connectivity index (χ2v) is 6.17. The topological polar surface area (TPSA) is 84.5 Å².